The maximum atomic E-state index is 12.4. The van der Waals surface area contributed by atoms with Crippen molar-refractivity contribution in [3.05, 3.63) is 59.7 Å². The molecule has 1 atom stereocenters. The fourth-order valence-corrected chi connectivity index (χ4v) is 3.92. The Morgan fingerprint density at radius 2 is 1.61 bits per heavy atom. The summed E-state index contributed by atoms with van der Waals surface area (Å²) in [7, 11) is 0. The van der Waals surface area contributed by atoms with E-state index in [1.165, 1.54) is 22.3 Å². The minimum absolute atomic E-state index is 0.0146. The molecule has 5 heteroatoms. The maximum absolute atomic E-state index is 12.4. The number of hydrogen-bond donors (Lipinski definition) is 2. The van der Waals surface area contributed by atoms with Crippen LogP contribution in [0.4, 0.5) is 4.79 Å². The normalized spacial score (nSPS) is 13.7. The van der Waals surface area contributed by atoms with Crippen LogP contribution in [0.25, 0.3) is 11.1 Å². The maximum Gasteiger partial charge on any atom is 0.407 e. The van der Waals surface area contributed by atoms with E-state index in [9.17, 15) is 9.59 Å². The van der Waals surface area contributed by atoms with E-state index >= 15 is 0 Å². The molecule has 0 fully saturated rings. The van der Waals surface area contributed by atoms with Gasteiger partial charge >= 0.3 is 12.1 Å². The second-order valence-electron chi connectivity index (χ2n) is 7.73. The number of amides is 1. The standard InChI is InChI=1S/C23H27NO4/c1-15(2)13-16(11-12-22(25)26)24-23(27)28-14-21-19-9-5-3-7-17(19)18-8-4-6-10-20(18)21/h3-10,15-16,21H,11-14H2,1-2H3,(H,24,27)(H,25,26). The minimum Gasteiger partial charge on any atom is -0.481 e. The number of nitrogens with one attached hydrogen (secondary N) is 1. The first-order valence-corrected chi connectivity index (χ1v) is 9.79. The number of hydrogen-bond acceptors (Lipinski definition) is 3. The van der Waals surface area contributed by atoms with Crippen molar-refractivity contribution in [1.29, 1.82) is 0 Å². The van der Waals surface area contributed by atoms with E-state index in [0.29, 0.717) is 12.3 Å². The molecule has 1 unspecified atom stereocenters. The highest BCUT2D eigenvalue weighted by Crippen LogP contribution is 2.44. The Bertz CT molecular complexity index is 801. The third kappa shape index (κ3) is 4.71. The van der Waals surface area contributed by atoms with E-state index < -0.39 is 12.1 Å². The van der Waals surface area contributed by atoms with E-state index in [4.69, 9.17) is 9.84 Å². The lowest BCUT2D eigenvalue weighted by molar-refractivity contribution is -0.137. The van der Waals surface area contributed by atoms with Gasteiger partial charge in [0, 0.05) is 18.4 Å². The van der Waals surface area contributed by atoms with Crippen LogP contribution < -0.4 is 5.32 Å². The van der Waals surface area contributed by atoms with Gasteiger partial charge in [-0.05, 0) is 41.0 Å². The van der Waals surface area contributed by atoms with Crippen LogP contribution in [-0.2, 0) is 9.53 Å². The van der Waals surface area contributed by atoms with Crippen molar-refractivity contribution in [3.8, 4) is 11.1 Å². The summed E-state index contributed by atoms with van der Waals surface area (Å²) in [6.07, 6.45) is 0.661. The molecule has 0 saturated carbocycles. The van der Waals surface area contributed by atoms with Gasteiger partial charge in [0.25, 0.3) is 0 Å². The van der Waals surface area contributed by atoms with Gasteiger partial charge in [-0.2, -0.15) is 0 Å². The monoisotopic (exact) mass is 381 g/mol. The molecular weight excluding hydrogens is 354 g/mol. The molecular formula is C23H27NO4. The number of carbonyl (C=O) groups excluding carboxylic acids is 1. The van der Waals surface area contributed by atoms with Gasteiger partial charge in [-0.3, -0.25) is 4.79 Å². The van der Waals surface area contributed by atoms with Crippen LogP contribution in [0.3, 0.4) is 0 Å². The smallest absolute Gasteiger partial charge is 0.407 e. The third-order valence-electron chi connectivity index (χ3n) is 5.13. The summed E-state index contributed by atoms with van der Waals surface area (Å²) in [6, 6.07) is 16.2. The zero-order valence-electron chi connectivity index (χ0n) is 16.4. The third-order valence-corrected chi connectivity index (χ3v) is 5.13. The second kappa shape index (κ2) is 8.91. The molecule has 0 spiro atoms. The number of carboxylic acid groups (broad SMARTS) is 1. The van der Waals surface area contributed by atoms with Gasteiger partial charge in [0.2, 0.25) is 0 Å². The van der Waals surface area contributed by atoms with Crippen LogP contribution in [0.2, 0.25) is 0 Å². The molecule has 1 aliphatic rings. The molecule has 0 saturated heterocycles. The predicted molar refractivity (Wildman–Crippen MR) is 108 cm³/mol. The fraction of sp³-hybridized carbons (Fsp3) is 0.391. The quantitative estimate of drug-likeness (QED) is 0.688. The van der Waals surface area contributed by atoms with Crippen molar-refractivity contribution in [2.45, 2.75) is 45.1 Å². The summed E-state index contributed by atoms with van der Waals surface area (Å²) in [5.41, 5.74) is 4.71. The molecule has 2 aromatic carbocycles. The topological polar surface area (TPSA) is 75.6 Å². The zero-order valence-corrected chi connectivity index (χ0v) is 16.4. The van der Waals surface area contributed by atoms with E-state index in [0.717, 1.165) is 6.42 Å². The van der Waals surface area contributed by atoms with E-state index in [1.807, 2.05) is 38.1 Å². The lowest BCUT2D eigenvalue weighted by Crippen LogP contribution is -2.37. The Balaban J connectivity index is 1.64. The number of carbonyl (C=O) groups is 2. The lowest BCUT2D eigenvalue weighted by atomic mass is 9.98. The van der Waals surface area contributed by atoms with Crippen molar-refractivity contribution in [1.82, 2.24) is 5.32 Å². The summed E-state index contributed by atoms with van der Waals surface area (Å²) in [6.45, 7) is 4.35. The van der Waals surface area contributed by atoms with Crippen molar-refractivity contribution >= 4 is 12.1 Å². The number of carboxylic acids is 1. The highest BCUT2D eigenvalue weighted by Gasteiger charge is 2.29. The molecule has 1 amide bonds. The molecule has 0 bridgehead atoms. The first kappa shape index (κ1) is 19.9. The molecule has 0 heterocycles. The van der Waals surface area contributed by atoms with Crippen molar-refractivity contribution in [2.75, 3.05) is 6.61 Å². The van der Waals surface area contributed by atoms with Gasteiger partial charge in [-0.1, -0.05) is 62.4 Å². The van der Waals surface area contributed by atoms with Crippen LogP contribution >= 0.6 is 0 Å². The summed E-state index contributed by atoms with van der Waals surface area (Å²) in [5.74, 6) is -0.489. The molecule has 0 aliphatic heterocycles. The number of rotatable bonds is 8. The van der Waals surface area contributed by atoms with Gasteiger partial charge in [-0.15, -0.1) is 0 Å². The highest BCUT2D eigenvalue weighted by molar-refractivity contribution is 5.79. The van der Waals surface area contributed by atoms with Gasteiger partial charge in [0.1, 0.15) is 6.61 Å². The van der Waals surface area contributed by atoms with E-state index in [-0.39, 0.29) is 25.0 Å². The lowest BCUT2D eigenvalue weighted by Gasteiger charge is -2.21. The Morgan fingerprint density at radius 1 is 1.04 bits per heavy atom. The van der Waals surface area contributed by atoms with Crippen LogP contribution in [0.5, 0.6) is 0 Å². The number of fused-ring (bicyclic) bond motifs is 3. The number of ether oxygens (including phenoxy) is 1. The number of alkyl carbamates (subject to hydrolysis) is 1. The first-order valence-electron chi connectivity index (χ1n) is 9.79. The number of benzene rings is 2. The minimum atomic E-state index is -0.858. The van der Waals surface area contributed by atoms with Gasteiger partial charge in [-0.25, -0.2) is 4.79 Å². The Hall–Kier alpha value is -2.82. The molecule has 3 rings (SSSR count). The molecule has 0 radical (unpaired) electrons. The second-order valence-corrected chi connectivity index (χ2v) is 7.73. The van der Waals surface area contributed by atoms with Gasteiger partial charge in [0.15, 0.2) is 0 Å². The summed E-state index contributed by atoms with van der Waals surface area (Å²) < 4.78 is 5.56. The molecule has 28 heavy (non-hydrogen) atoms. The average molecular weight is 381 g/mol. The van der Waals surface area contributed by atoms with Gasteiger partial charge in [0.05, 0.1) is 0 Å². The molecule has 2 aromatic rings. The summed E-state index contributed by atoms with van der Waals surface area (Å²) in [5, 5.41) is 11.8. The van der Waals surface area contributed by atoms with Crippen LogP contribution in [0, 0.1) is 5.92 Å². The molecule has 5 nitrogen and oxygen atoms in total. The average Bonchev–Trinajstić information content (AvgIpc) is 2.98. The molecule has 2 N–H and O–H groups in total. The Labute approximate surface area is 165 Å². The van der Waals surface area contributed by atoms with Crippen LogP contribution in [0.1, 0.15) is 50.2 Å². The first-order chi connectivity index (χ1) is 13.5. The zero-order chi connectivity index (χ0) is 20.1. The van der Waals surface area contributed by atoms with Crippen LogP contribution in [-0.4, -0.2) is 29.8 Å². The molecule has 148 valence electrons. The van der Waals surface area contributed by atoms with Crippen LogP contribution in [0.15, 0.2) is 48.5 Å². The van der Waals surface area contributed by atoms with Crippen molar-refractivity contribution < 1.29 is 19.4 Å². The highest BCUT2D eigenvalue weighted by atomic mass is 16.5. The predicted octanol–water partition coefficient (Wildman–Crippen LogP) is 4.80. The van der Waals surface area contributed by atoms with Crippen molar-refractivity contribution in [2.24, 2.45) is 5.92 Å². The van der Waals surface area contributed by atoms with E-state index in [1.54, 1.807) is 0 Å². The molecule has 0 aromatic heterocycles. The fourth-order valence-electron chi connectivity index (χ4n) is 3.92. The largest absolute Gasteiger partial charge is 0.481 e. The SMILES string of the molecule is CC(C)CC(CCC(=O)O)NC(=O)OCC1c2ccccc2-c2ccccc21. The van der Waals surface area contributed by atoms with E-state index in [2.05, 4.69) is 29.6 Å². The Morgan fingerprint density at radius 3 is 2.14 bits per heavy atom. The summed E-state index contributed by atoms with van der Waals surface area (Å²) >= 11 is 0. The Kier molecular flexibility index (Phi) is 6.34. The van der Waals surface area contributed by atoms with Gasteiger partial charge < -0.3 is 15.2 Å². The summed E-state index contributed by atoms with van der Waals surface area (Å²) in [4.78, 5) is 23.2. The number of aliphatic carboxylic acids is 1. The molecule has 1 aliphatic carbocycles. The van der Waals surface area contributed by atoms with Crippen molar-refractivity contribution in [3.63, 3.8) is 0 Å².